The number of ether oxygens (including phenoxy) is 4. The lowest BCUT2D eigenvalue weighted by Gasteiger charge is -2.52. The van der Waals surface area contributed by atoms with Crippen LogP contribution in [0.3, 0.4) is 0 Å². The molecule has 0 radical (unpaired) electrons. The summed E-state index contributed by atoms with van der Waals surface area (Å²) in [5.41, 5.74) is -1.13. The molecule has 3 N–H and O–H groups in total. The van der Waals surface area contributed by atoms with Crippen molar-refractivity contribution < 1.29 is 29.2 Å². The van der Waals surface area contributed by atoms with Crippen LogP contribution >= 0.6 is 0 Å². The van der Waals surface area contributed by atoms with Crippen molar-refractivity contribution in [2.24, 2.45) is 0 Å². The zero-order chi connectivity index (χ0) is 30.2. The summed E-state index contributed by atoms with van der Waals surface area (Å²) in [5.74, 6) is -2.39. The van der Waals surface area contributed by atoms with Crippen molar-refractivity contribution in [3.05, 3.63) is 131 Å². The average Bonchev–Trinajstić information content (AvgIpc) is 3.63. The highest BCUT2D eigenvalue weighted by atomic mass is 16.8. The molecular formula is C32H32N4O7. The van der Waals surface area contributed by atoms with Gasteiger partial charge in [0.15, 0.2) is 23.0 Å². The van der Waals surface area contributed by atoms with E-state index in [9.17, 15) is 15.0 Å². The van der Waals surface area contributed by atoms with Crippen molar-refractivity contribution in [1.29, 1.82) is 0 Å². The summed E-state index contributed by atoms with van der Waals surface area (Å²) in [4.78, 5) is 24.4. The van der Waals surface area contributed by atoms with Crippen molar-refractivity contribution in [1.82, 2.24) is 19.5 Å². The number of aromatic amines is 1. The number of aliphatic hydroxyl groups excluding tert-OH is 1. The topological polar surface area (TPSA) is 141 Å². The van der Waals surface area contributed by atoms with Crippen LogP contribution in [0.5, 0.6) is 0 Å². The molecule has 0 saturated carbocycles. The minimum absolute atomic E-state index is 0.0510. The Bertz CT molecular complexity index is 1650. The highest BCUT2D eigenvalue weighted by Gasteiger charge is 2.72. The molecule has 1 fully saturated rings. The van der Waals surface area contributed by atoms with Crippen LogP contribution in [0.4, 0.5) is 0 Å². The van der Waals surface area contributed by atoms with Gasteiger partial charge in [0.05, 0.1) is 18.1 Å². The largest absolute Gasteiger partial charge is 0.387 e. The fourth-order valence-corrected chi connectivity index (χ4v) is 6.58. The monoisotopic (exact) mass is 584 g/mol. The van der Waals surface area contributed by atoms with E-state index >= 15 is 0 Å². The second-order valence-electron chi connectivity index (χ2n) is 10.3. The summed E-state index contributed by atoms with van der Waals surface area (Å²) in [5, 5.41) is 23.5. The molecule has 43 heavy (non-hydrogen) atoms. The smallest absolute Gasteiger partial charge is 0.310 e. The van der Waals surface area contributed by atoms with E-state index in [0.29, 0.717) is 0 Å². The summed E-state index contributed by atoms with van der Waals surface area (Å²) in [6, 6.07) is 28.9. The molecule has 2 aromatic heterocycles. The van der Waals surface area contributed by atoms with Crippen LogP contribution < -0.4 is 5.56 Å². The fourth-order valence-electron chi connectivity index (χ4n) is 6.58. The number of nitrogens with zero attached hydrogens (tertiary/aromatic N) is 3. The van der Waals surface area contributed by atoms with Crippen LogP contribution in [0.2, 0.25) is 0 Å². The molecule has 3 heterocycles. The molecule has 5 aromatic rings. The van der Waals surface area contributed by atoms with E-state index in [1.54, 1.807) is 4.57 Å². The van der Waals surface area contributed by atoms with Gasteiger partial charge >= 0.3 is 5.97 Å². The number of H-pyrrole nitrogens is 1. The van der Waals surface area contributed by atoms with Crippen LogP contribution in [0.15, 0.2) is 108 Å². The molecule has 0 spiro atoms. The number of aliphatic hydroxyl groups is 2. The molecule has 6 rings (SSSR count). The standard InChI is InChI=1S/C32H32N4O7/c1-40-26-25(37)27(32(39,41-2)42-3)43-31(26,36-20-35-24-28(36)33-19-34-29(24)38)30(21-13-7-4-8-14-21,22-15-9-5-10-16-22)23-17-11-6-12-18-23/h4-20,25-27,37,39H,1-3H3,(H,33,34,38)/t25-,26+,27-,31-/m0/s1. The van der Waals surface area contributed by atoms with E-state index in [1.807, 2.05) is 91.0 Å². The molecule has 222 valence electrons. The predicted molar refractivity (Wildman–Crippen MR) is 156 cm³/mol. The summed E-state index contributed by atoms with van der Waals surface area (Å²) in [7, 11) is 3.93. The van der Waals surface area contributed by atoms with Crippen LogP contribution in [0.25, 0.3) is 11.2 Å². The SMILES string of the molecule is CO[C@@H]1[C@H](O)[C@@H](C(O)(OC)OC)O[C@]1(n1cnc2c(=O)[nH]cnc21)C(c1ccccc1)(c1ccccc1)c1ccccc1. The number of imidazole rings is 1. The molecule has 1 saturated heterocycles. The lowest BCUT2D eigenvalue weighted by Crippen LogP contribution is -2.62. The second kappa shape index (κ2) is 11.1. The molecule has 0 aliphatic carbocycles. The molecule has 1 aliphatic rings. The van der Waals surface area contributed by atoms with Crippen molar-refractivity contribution in [2.75, 3.05) is 21.3 Å². The zero-order valence-electron chi connectivity index (χ0n) is 23.8. The fraction of sp³-hybridized carbons (Fsp3) is 0.281. The summed E-state index contributed by atoms with van der Waals surface area (Å²) in [6.07, 6.45) is -1.55. The summed E-state index contributed by atoms with van der Waals surface area (Å²) >= 11 is 0. The van der Waals surface area contributed by atoms with Gasteiger partial charge in [0.1, 0.15) is 12.2 Å². The number of hydrogen-bond donors (Lipinski definition) is 3. The first-order valence-corrected chi connectivity index (χ1v) is 13.7. The first kappa shape index (κ1) is 28.9. The highest BCUT2D eigenvalue weighted by molar-refractivity contribution is 5.70. The number of rotatable bonds is 9. The van der Waals surface area contributed by atoms with E-state index in [4.69, 9.17) is 18.9 Å². The minimum Gasteiger partial charge on any atom is -0.387 e. The van der Waals surface area contributed by atoms with E-state index in [-0.39, 0.29) is 11.2 Å². The second-order valence-corrected chi connectivity index (χ2v) is 10.3. The van der Waals surface area contributed by atoms with Crippen LogP contribution in [-0.2, 0) is 30.1 Å². The van der Waals surface area contributed by atoms with Gasteiger partial charge in [-0.25, -0.2) is 9.97 Å². The van der Waals surface area contributed by atoms with Gasteiger partial charge in [0.2, 0.25) is 0 Å². The Kier molecular flexibility index (Phi) is 7.46. The summed E-state index contributed by atoms with van der Waals surface area (Å²) < 4.78 is 25.6. The van der Waals surface area contributed by atoms with E-state index in [1.165, 1.54) is 34.0 Å². The third-order valence-electron chi connectivity index (χ3n) is 8.37. The van der Waals surface area contributed by atoms with Crippen LogP contribution in [-0.4, -0.2) is 75.3 Å². The molecule has 11 heteroatoms. The minimum atomic E-state index is -2.39. The Hall–Kier alpha value is -4.23. The van der Waals surface area contributed by atoms with E-state index in [0.717, 1.165) is 16.7 Å². The molecule has 0 unspecified atom stereocenters. The summed E-state index contributed by atoms with van der Waals surface area (Å²) in [6.45, 7) is 0. The quantitative estimate of drug-likeness (QED) is 0.176. The van der Waals surface area contributed by atoms with Crippen molar-refractivity contribution in [3.63, 3.8) is 0 Å². The number of methoxy groups -OCH3 is 3. The Morgan fingerprint density at radius 1 is 0.860 bits per heavy atom. The third-order valence-corrected chi connectivity index (χ3v) is 8.37. The number of nitrogens with one attached hydrogen (secondary N) is 1. The predicted octanol–water partition coefficient (Wildman–Crippen LogP) is 2.52. The van der Waals surface area contributed by atoms with Gasteiger partial charge < -0.3 is 34.1 Å². The Labute approximate surface area is 247 Å². The van der Waals surface area contributed by atoms with Gasteiger partial charge in [0.25, 0.3) is 5.56 Å². The number of fused-ring (bicyclic) bond motifs is 1. The number of benzene rings is 3. The lowest BCUT2D eigenvalue weighted by atomic mass is 9.60. The van der Waals surface area contributed by atoms with Gasteiger partial charge in [-0.1, -0.05) is 91.0 Å². The maximum atomic E-state index is 12.9. The highest BCUT2D eigenvalue weighted by Crippen LogP contribution is 2.59. The van der Waals surface area contributed by atoms with Gasteiger partial charge in [-0.2, -0.15) is 0 Å². The Morgan fingerprint density at radius 3 is 1.84 bits per heavy atom. The lowest BCUT2D eigenvalue weighted by molar-refractivity contribution is -0.396. The van der Waals surface area contributed by atoms with Gasteiger partial charge in [-0.15, -0.1) is 0 Å². The zero-order valence-corrected chi connectivity index (χ0v) is 23.8. The third kappa shape index (κ3) is 4.08. The Morgan fingerprint density at radius 2 is 1.37 bits per heavy atom. The van der Waals surface area contributed by atoms with Crippen LogP contribution in [0, 0.1) is 0 Å². The van der Waals surface area contributed by atoms with E-state index in [2.05, 4.69) is 15.0 Å². The molecule has 1 aliphatic heterocycles. The molecule has 11 nitrogen and oxygen atoms in total. The van der Waals surface area contributed by atoms with Gasteiger partial charge in [0, 0.05) is 21.3 Å². The number of aromatic nitrogens is 4. The first-order valence-electron chi connectivity index (χ1n) is 13.7. The molecule has 0 bridgehead atoms. The van der Waals surface area contributed by atoms with Crippen molar-refractivity contribution in [3.8, 4) is 0 Å². The first-order chi connectivity index (χ1) is 20.9. The average molecular weight is 585 g/mol. The van der Waals surface area contributed by atoms with Crippen molar-refractivity contribution >= 4 is 11.2 Å². The molecule has 0 amide bonds. The number of hydrogen-bond acceptors (Lipinski definition) is 9. The van der Waals surface area contributed by atoms with E-state index < -0.39 is 41.0 Å². The normalized spacial score (nSPS) is 22.7. The Balaban J connectivity index is 1.86. The maximum absolute atomic E-state index is 12.9. The van der Waals surface area contributed by atoms with Crippen LogP contribution in [0.1, 0.15) is 16.7 Å². The van der Waals surface area contributed by atoms with Gasteiger partial charge in [-0.3, -0.25) is 9.36 Å². The van der Waals surface area contributed by atoms with Gasteiger partial charge in [-0.05, 0) is 16.7 Å². The molecular weight excluding hydrogens is 552 g/mol. The molecule has 4 atom stereocenters. The maximum Gasteiger partial charge on any atom is 0.310 e. The molecule has 3 aromatic carbocycles. The van der Waals surface area contributed by atoms with Crippen molar-refractivity contribution in [2.45, 2.75) is 35.4 Å².